The number of rotatable bonds is 4. The smallest absolute Gasteiger partial charge is 0.338 e. The van der Waals surface area contributed by atoms with E-state index < -0.39 is 0 Å². The molecule has 0 fully saturated rings. The van der Waals surface area contributed by atoms with Crippen LogP contribution in [0.1, 0.15) is 27.0 Å². The number of esters is 1. The summed E-state index contributed by atoms with van der Waals surface area (Å²) in [6.45, 7) is 4.36. The van der Waals surface area contributed by atoms with Gasteiger partial charge in [-0.2, -0.15) is 0 Å². The molecule has 0 aromatic heterocycles. The van der Waals surface area contributed by atoms with E-state index in [0.29, 0.717) is 12.2 Å². The third-order valence-electron chi connectivity index (χ3n) is 3.20. The van der Waals surface area contributed by atoms with Crippen molar-refractivity contribution in [2.24, 2.45) is 0 Å². The maximum absolute atomic E-state index is 11.7. The number of benzene rings is 2. The van der Waals surface area contributed by atoms with E-state index in [0.717, 1.165) is 22.4 Å². The first-order valence-electron chi connectivity index (χ1n) is 6.48. The molecule has 0 saturated carbocycles. The monoisotopic (exact) mass is 270 g/mol. The zero-order valence-corrected chi connectivity index (χ0v) is 12.0. The van der Waals surface area contributed by atoms with Crippen LogP contribution in [0.4, 0.5) is 0 Å². The maximum Gasteiger partial charge on any atom is 0.338 e. The highest BCUT2D eigenvalue weighted by atomic mass is 16.5. The molecule has 2 rings (SSSR count). The molecule has 0 aliphatic rings. The minimum absolute atomic E-state index is 0.342. The lowest BCUT2D eigenvalue weighted by molar-refractivity contribution is 0.0597. The molecule has 2 aromatic carbocycles. The topological polar surface area (TPSA) is 35.5 Å². The lowest BCUT2D eigenvalue weighted by Gasteiger charge is -2.13. The molecule has 0 aliphatic carbocycles. The molecular weight excluding hydrogens is 252 g/mol. The fourth-order valence-corrected chi connectivity index (χ4v) is 2.13. The van der Waals surface area contributed by atoms with Crippen LogP contribution < -0.4 is 4.74 Å². The van der Waals surface area contributed by atoms with Crippen LogP contribution >= 0.6 is 0 Å². The van der Waals surface area contributed by atoms with Crippen LogP contribution in [0.15, 0.2) is 42.5 Å². The summed E-state index contributed by atoms with van der Waals surface area (Å²) in [7, 11) is 1.38. The van der Waals surface area contributed by atoms with Crippen LogP contribution in [0, 0.1) is 13.8 Å². The molecule has 0 saturated heterocycles. The van der Waals surface area contributed by atoms with Crippen LogP contribution in [0.3, 0.4) is 0 Å². The highest BCUT2D eigenvalue weighted by Crippen LogP contribution is 2.24. The summed E-state index contributed by atoms with van der Waals surface area (Å²) in [5.41, 5.74) is 3.53. The molecule has 0 radical (unpaired) electrons. The molecule has 3 nitrogen and oxygen atoms in total. The summed E-state index contributed by atoms with van der Waals surface area (Å²) >= 11 is 0. The highest BCUT2D eigenvalue weighted by Gasteiger charge is 2.12. The van der Waals surface area contributed by atoms with Gasteiger partial charge in [0.1, 0.15) is 12.4 Å². The molecular formula is C17H18O3. The normalized spacial score (nSPS) is 10.2. The first kappa shape index (κ1) is 14.1. The van der Waals surface area contributed by atoms with Crippen molar-refractivity contribution in [2.75, 3.05) is 7.11 Å². The summed E-state index contributed by atoms with van der Waals surface area (Å²) in [6, 6.07) is 13.3. The Bertz CT molecular complexity index is 597. The van der Waals surface area contributed by atoms with E-state index in [2.05, 4.69) is 0 Å². The molecule has 0 atom stereocenters. The number of aryl methyl sites for hydroxylation is 2. The van der Waals surface area contributed by atoms with E-state index in [1.54, 1.807) is 6.07 Å². The molecule has 20 heavy (non-hydrogen) atoms. The lowest BCUT2D eigenvalue weighted by atomic mass is 10.1. The van der Waals surface area contributed by atoms with Gasteiger partial charge >= 0.3 is 5.97 Å². The summed E-state index contributed by atoms with van der Waals surface area (Å²) in [5, 5.41) is 0. The van der Waals surface area contributed by atoms with Gasteiger partial charge in [-0.25, -0.2) is 4.79 Å². The van der Waals surface area contributed by atoms with Crippen molar-refractivity contribution in [3.8, 4) is 5.75 Å². The molecule has 0 amide bonds. The predicted molar refractivity (Wildman–Crippen MR) is 78.0 cm³/mol. The lowest BCUT2D eigenvalue weighted by Crippen LogP contribution is -2.08. The Morgan fingerprint density at radius 3 is 2.30 bits per heavy atom. The van der Waals surface area contributed by atoms with Crippen LogP contribution in [0.5, 0.6) is 5.75 Å². The number of hydrogen-bond donors (Lipinski definition) is 0. The van der Waals surface area contributed by atoms with E-state index in [1.165, 1.54) is 7.11 Å². The minimum atomic E-state index is -0.342. The van der Waals surface area contributed by atoms with E-state index in [-0.39, 0.29) is 5.97 Å². The molecule has 0 aliphatic heterocycles. The fourth-order valence-electron chi connectivity index (χ4n) is 2.13. The van der Waals surface area contributed by atoms with Crippen LogP contribution in [-0.2, 0) is 11.3 Å². The Balaban J connectivity index is 2.21. The maximum atomic E-state index is 11.7. The van der Waals surface area contributed by atoms with Crippen molar-refractivity contribution in [1.82, 2.24) is 0 Å². The van der Waals surface area contributed by atoms with Crippen molar-refractivity contribution >= 4 is 5.97 Å². The molecule has 2 aromatic rings. The second-order valence-corrected chi connectivity index (χ2v) is 4.66. The Labute approximate surface area is 119 Å². The Morgan fingerprint density at radius 1 is 1.00 bits per heavy atom. The van der Waals surface area contributed by atoms with Crippen molar-refractivity contribution < 1.29 is 14.3 Å². The van der Waals surface area contributed by atoms with Gasteiger partial charge in [0.15, 0.2) is 0 Å². The van der Waals surface area contributed by atoms with Gasteiger partial charge < -0.3 is 9.47 Å². The summed E-state index contributed by atoms with van der Waals surface area (Å²) in [4.78, 5) is 11.7. The number of ether oxygens (including phenoxy) is 2. The Kier molecular flexibility index (Phi) is 4.41. The molecule has 0 N–H and O–H groups in total. The standard InChI is InChI=1S/C17H18O3/c1-12-7-6-8-13(2)16(12)20-11-14-9-4-5-10-15(14)17(18)19-3/h4-10H,11H2,1-3H3. The Hall–Kier alpha value is -2.29. The molecule has 0 spiro atoms. The average molecular weight is 270 g/mol. The third kappa shape index (κ3) is 2.99. The summed E-state index contributed by atoms with van der Waals surface area (Å²) in [5.74, 6) is 0.526. The number of carbonyl (C=O) groups is 1. The zero-order chi connectivity index (χ0) is 14.5. The van der Waals surface area contributed by atoms with E-state index in [1.807, 2.05) is 50.2 Å². The first-order chi connectivity index (χ1) is 9.63. The minimum Gasteiger partial charge on any atom is -0.488 e. The first-order valence-corrected chi connectivity index (χ1v) is 6.48. The van der Waals surface area contributed by atoms with Gasteiger partial charge in [0.2, 0.25) is 0 Å². The molecule has 0 unspecified atom stereocenters. The summed E-state index contributed by atoms with van der Waals surface area (Å²) in [6.07, 6.45) is 0. The average Bonchev–Trinajstić information content (AvgIpc) is 2.46. The van der Waals surface area contributed by atoms with Crippen molar-refractivity contribution in [1.29, 1.82) is 0 Å². The quantitative estimate of drug-likeness (QED) is 0.795. The van der Waals surface area contributed by atoms with Crippen LogP contribution in [-0.4, -0.2) is 13.1 Å². The number of para-hydroxylation sites is 1. The molecule has 3 heteroatoms. The van der Waals surface area contributed by atoms with E-state index in [4.69, 9.17) is 9.47 Å². The van der Waals surface area contributed by atoms with Gasteiger partial charge in [0.05, 0.1) is 12.7 Å². The summed E-state index contributed by atoms with van der Waals surface area (Å²) < 4.78 is 10.7. The van der Waals surface area contributed by atoms with Crippen LogP contribution in [0.2, 0.25) is 0 Å². The highest BCUT2D eigenvalue weighted by molar-refractivity contribution is 5.90. The zero-order valence-electron chi connectivity index (χ0n) is 12.0. The Morgan fingerprint density at radius 2 is 1.65 bits per heavy atom. The SMILES string of the molecule is COC(=O)c1ccccc1COc1c(C)cccc1C. The van der Waals surface area contributed by atoms with Gasteiger partial charge in [-0.05, 0) is 31.0 Å². The van der Waals surface area contributed by atoms with E-state index >= 15 is 0 Å². The fraction of sp³-hybridized carbons (Fsp3) is 0.235. The van der Waals surface area contributed by atoms with Crippen LogP contribution in [0.25, 0.3) is 0 Å². The third-order valence-corrected chi connectivity index (χ3v) is 3.20. The van der Waals surface area contributed by atoms with E-state index in [9.17, 15) is 4.79 Å². The predicted octanol–water partition coefficient (Wildman–Crippen LogP) is 3.67. The molecule has 0 heterocycles. The molecule has 104 valence electrons. The van der Waals surface area contributed by atoms with Gasteiger partial charge in [-0.15, -0.1) is 0 Å². The number of carbonyl (C=O) groups excluding carboxylic acids is 1. The molecule has 0 bridgehead atoms. The second kappa shape index (κ2) is 6.24. The van der Waals surface area contributed by atoms with Gasteiger partial charge in [0, 0.05) is 5.56 Å². The second-order valence-electron chi connectivity index (χ2n) is 4.66. The largest absolute Gasteiger partial charge is 0.488 e. The van der Waals surface area contributed by atoms with Crippen molar-refractivity contribution in [3.63, 3.8) is 0 Å². The van der Waals surface area contributed by atoms with Crippen molar-refractivity contribution in [2.45, 2.75) is 20.5 Å². The number of methoxy groups -OCH3 is 1. The van der Waals surface area contributed by atoms with Crippen molar-refractivity contribution in [3.05, 3.63) is 64.7 Å². The van der Waals surface area contributed by atoms with Gasteiger partial charge in [-0.3, -0.25) is 0 Å². The van der Waals surface area contributed by atoms with Gasteiger partial charge in [0.25, 0.3) is 0 Å². The number of hydrogen-bond acceptors (Lipinski definition) is 3. The van der Waals surface area contributed by atoms with Gasteiger partial charge in [-0.1, -0.05) is 36.4 Å².